The molecule has 2 rings (SSSR count). The van der Waals surface area contributed by atoms with E-state index in [-0.39, 0.29) is 6.04 Å². The van der Waals surface area contributed by atoms with Crippen LogP contribution in [0.15, 0.2) is 46.0 Å². The van der Waals surface area contributed by atoms with Crippen LogP contribution in [0.25, 0.3) is 0 Å². The van der Waals surface area contributed by atoms with E-state index in [1.54, 1.807) is 29.5 Å². The topological polar surface area (TPSA) is 58.2 Å². The lowest BCUT2D eigenvalue weighted by Crippen LogP contribution is -2.23. The van der Waals surface area contributed by atoms with E-state index < -0.39 is 10.0 Å². The molecule has 1 atom stereocenters. The maximum Gasteiger partial charge on any atom is 0.240 e. The van der Waals surface area contributed by atoms with Crippen molar-refractivity contribution in [1.82, 2.24) is 10.0 Å². The van der Waals surface area contributed by atoms with Gasteiger partial charge in [-0.15, -0.1) is 0 Å². The van der Waals surface area contributed by atoms with Crippen LogP contribution in [0.2, 0.25) is 0 Å². The highest BCUT2D eigenvalue weighted by Crippen LogP contribution is 2.17. The van der Waals surface area contributed by atoms with Crippen molar-refractivity contribution in [3.8, 4) is 0 Å². The smallest absolute Gasteiger partial charge is 0.240 e. The third kappa shape index (κ3) is 3.67. The molecule has 0 fully saturated rings. The highest BCUT2D eigenvalue weighted by molar-refractivity contribution is 7.89. The van der Waals surface area contributed by atoms with Crippen molar-refractivity contribution >= 4 is 21.4 Å². The molecule has 1 aromatic carbocycles. The molecule has 0 aliphatic rings. The van der Waals surface area contributed by atoms with Crippen LogP contribution >= 0.6 is 11.3 Å². The molecule has 0 aliphatic heterocycles. The third-order valence-corrected chi connectivity index (χ3v) is 5.28. The van der Waals surface area contributed by atoms with Gasteiger partial charge in [0.05, 0.1) is 4.90 Å². The van der Waals surface area contributed by atoms with E-state index in [2.05, 4.69) is 10.0 Å². The van der Waals surface area contributed by atoms with Crippen LogP contribution in [0.5, 0.6) is 0 Å². The minimum Gasteiger partial charge on any atom is -0.313 e. The van der Waals surface area contributed by atoms with Gasteiger partial charge in [0.25, 0.3) is 0 Å². The molecule has 108 valence electrons. The first kappa shape index (κ1) is 15.2. The van der Waals surface area contributed by atoms with Gasteiger partial charge in [-0.25, -0.2) is 13.1 Å². The van der Waals surface area contributed by atoms with E-state index in [0.717, 1.165) is 11.1 Å². The van der Waals surface area contributed by atoms with Gasteiger partial charge in [0.1, 0.15) is 0 Å². The van der Waals surface area contributed by atoms with E-state index in [1.165, 1.54) is 0 Å². The zero-order valence-electron chi connectivity index (χ0n) is 11.5. The standard InChI is InChI=1S/C14H18N2O2S2/c1-11(15-2)13-4-3-5-14(8-13)20(17,18)16-9-12-6-7-19-10-12/h3-8,10-11,15-16H,9H2,1-2H3. The number of hydrogen-bond donors (Lipinski definition) is 2. The fourth-order valence-electron chi connectivity index (χ4n) is 1.77. The molecule has 0 saturated heterocycles. The monoisotopic (exact) mass is 310 g/mol. The summed E-state index contributed by atoms with van der Waals surface area (Å²) in [5.74, 6) is 0. The predicted molar refractivity (Wildman–Crippen MR) is 82.3 cm³/mol. The first-order valence-corrected chi connectivity index (χ1v) is 8.73. The number of hydrogen-bond acceptors (Lipinski definition) is 4. The van der Waals surface area contributed by atoms with Crippen molar-refractivity contribution in [3.63, 3.8) is 0 Å². The zero-order valence-corrected chi connectivity index (χ0v) is 13.1. The maximum atomic E-state index is 12.3. The Bertz CT molecular complexity index is 652. The van der Waals surface area contributed by atoms with Crippen molar-refractivity contribution in [2.24, 2.45) is 0 Å². The molecule has 4 nitrogen and oxygen atoms in total. The largest absolute Gasteiger partial charge is 0.313 e. The van der Waals surface area contributed by atoms with Crippen LogP contribution in [-0.2, 0) is 16.6 Å². The van der Waals surface area contributed by atoms with Gasteiger partial charge in [0.15, 0.2) is 0 Å². The summed E-state index contributed by atoms with van der Waals surface area (Å²) in [6.45, 7) is 2.31. The summed E-state index contributed by atoms with van der Waals surface area (Å²) in [4.78, 5) is 0.298. The van der Waals surface area contributed by atoms with Gasteiger partial charge in [0, 0.05) is 12.6 Å². The minimum atomic E-state index is -3.47. The van der Waals surface area contributed by atoms with Gasteiger partial charge in [-0.2, -0.15) is 11.3 Å². The average molecular weight is 310 g/mol. The lowest BCUT2D eigenvalue weighted by Gasteiger charge is -2.12. The Hall–Kier alpha value is -1.21. The van der Waals surface area contributed by atoms with Gasteiger partial charge < -0.3 is 5.32 Å². The van der Waals surface area contributed by atoms with Crippen LogP contribution in [0.1, 0.15) is 24.1 Å². The van der Waals surface area contributed by atoms with E-state index in [4.69, 9.17) is 0 Å². The first-order chi connectivity index (χ1) is 9.53. The van der Waals surface area contributed by atoms with Gasteiger partial charge in [-0.1, -0.05) is 12.1 Å². The number of sulfonamides is 1. The Morgan fingerprint density at radius 1 is 1.30 bits per heavy atom. The van der Waals surface area contributed by atoms with Crippen LogP contribution in [-0.4, -0.2) is 15.5 Å². The second-order valence-corrected chi connectivity index (χ2v) is 7.09. The van der Waals surface area contributed by atoms with E-state index in [1.807, 2.05) is 36.9 Å². The highest BCUT2D eigenvalue weighted by atomic mass is 32.2. The third-order valence-electron chi connectivity index (χ3n) is 3.15. The number of nitrogens with one attached hydrogen (secondary N) is 2. The number of benzene rings is 1. The summed E-state index contributed by atoms with van der Waals surface area (Å²) in [6.07, 6.45) is 0. The van der Waals surface area contributed by atoms with Crippen molar-refractivity contribution < 1.29 is 8.42 Å². The average Bonchev–Trinajstić information content (AvgIpc) is 2.98. The van der Waals surface area contributed by atoms with E-state index in [0.29, 0.717) is 11.4 Å². The fourth-order valence-corrected chi connectivity index (χ4v) is 3.51. The molecule has 0 aliphatic carbocycles. The lowest BCUT2D eigenvalue weighted by molar-refractivity contribution is 0.580. The molecule has 1 heterocycles. The van der Waals surface area contributed by atoms with Crippen LogP contribution in [0, 0.1) is 0 Å². The van der Waals surface area contributed by atoms with Crippen molar-refractivity contribution in [1.29, 1.82) is 0 Å². The first-order valence-electron chi connectivity index (χ1n) is 6.31. The molecular formula is C14H18N2O2S2. The molecule has 0 saturated carbocycles. The molecule has 0 amide bonds. The van der Waals surface area contributed by atoms with E-state index in [9.17, 15) is 8.42 Å². The molecule has 1 unspecified atom stereocenters. The van der Waals surface area contributed by atoms with Gasteiger partial charge in [-0.05, 0) is 54.1 Å². The Labute approximate surface area is 123 Å². The molecule has 20 heavy (non-hydrogen) atoms. The summed E-state index contributed by atoms with van der Waals surface area (Å²) < 4.78 is 27.1. The Morgan fingerprint density at radius 2 is 2.10 bits per heavy atom. The second-order valence-electron chi connectivity index (χ2n) is 4.54. The van der Waals surface area contributed by atoms with Crippen LogP contribution < -0.4 is 10.0 Å². The minimum absolute atomic E-state index is 0.113. The normalized spacial score (nSPS) is 13.3. The summed E-state index contributed by atoms with van der Waals surface area (Å²) >= 11 is 1.55. The van der Waals surface area contributed by atoms with Gasteiger partial charge in [0.2, 0.25) is 10.0 Å². The second kappa shape index (κ2) is 6.49. The molecule has 0 radical (unpaired) electrons. The summed E-state index contributed by atoms with van der Waals surface area (Å²) in [5, 5.41) is 6.96. The van der Waals surface area contributed by atoms with Crippen molar-refractivity contribution in [2.45, 2.75) is 24.4 Å². The Kier molecular flexibility index (Phi) is 4.93. The fraction of sp³-hybridized carbons (Fsp3) is 0.286. The number of rotatable bonds is 6. The zero-order chi connectivity index (χ0) is 14.6. The SMILES string of the molecule is CNC(C)c1cccc(S(=O)(=O)NCc2ccsc2)c1. The molecule has 2 aromatic rings. The highest BCUT2D eigenvalue weighted by Gasteiger charge is 2.15. The molecule has 2 N–H and O–H groups in total. The molecule has 0 bridgehead atoms. The van der Waals surface area contributed by atoms with Crippen molar-refractivity contribution in [2.75, 3.05) is 7.05 Å². The van der Waals surface area contributed by atoms with Gasteiger partial charge >= 0.3 is 0 Å². The lowest BCUT2D eigenvalue weighted by atomic mass is 10.1. The number of thiophene rings is 1. The quantitative estimate of drug-likeness (QED) is 0.862. The predicted octanol–water partition coefficient (Wildman–Crippen LogP) is 2.51. The molecule has 1 aromatic heterocycles. The summed E-state index contributed by atoms with van der Waals surface area (Å²) in [5.41, 5.74) is 1.92. The Morgan fingerprint density at radius 3 is 2.75 bits per heavy atom. The molecule has 0 spiro atoms. The maximum absolute atomic E-state index is 12.3. The molecule has 6 heteroatoms. The Balaban J connectivity index is 2.16. The summed E-state index contributed by atoms with van der Waals surface area (Å²) in [7, 11) is -1.63. The van der Waals surface area contributed by atoms with Gasteiger partial charge in [-0.3, -0.25) is 0 Å². The molecular weight excluding hydrogens is 292 g/mol. The van der Waals surface area contributed by atoms with Crippen LogP contribution in [0.3, 0.4) is 0 Å². The van der Waals surface area contributed by atoms with Crippen LogP contribution in [0.4, 0.5) is 0 Å². The van der Waals surface area contributed by atoms with Crippen molar-refractivity contribution in [3.05, 3.63) is 52.2 Å². The van der Waals surface area contributed by atoms with E-state index >= 15 is 0 Å². The summed E-state index contributed by atoms with van der Waals surface area (Å²) in [6, 6.07) is 9.02.